The molecule has 0 bridgehead atoms. The van der Waals surface area contributed by atoms with Gasteiger partial charge in [0.05, 0.1) is 23.7 Å². The van der Waals surface area contributed by atoms with Crippen molar-refractivity contribution < 1.29 is 14.3 Å². The van der Waals surface area contributed by atoms with Gasteiger partial charge in [-0.2, -0.15) is 0 Å². The molecule has 4 aromatic rings. The van der Waals surface area contributed by atoms with Crippen molar-refractivity contribution in [3.63, 3.8) is 0 Å². The van der Waals surface area contributed by atoms with Crippen molar-refractivity contribution in [2.24, 2.45) is 0 Å². The first-order valence-corrected chi connectivity index (χ1v) is 11.3. The molecule has 0 atom stereocenters. The van der Waals surface area contributed by atoms with Crippen molar-refractivity contribution in [2.75, 3.05) is 25.1 Å². The number of anilines is 1. The summed E-state index contributed by atoms with van der Waals surface area (Å²) >= 11 is 0. The lowest BCUT2D eigenvalue weighted by molar-refractivity contribution is -0.119. The molecule has 0 unspecified atom stereocenters. The molecule has 7 heteroatoms. The Labute approximate surface area is 199 Å². The van der Waals surface area contributed by atoms with Gasteiger partial charge in [-0.05, 0) is 43.3 Å². The van der Waals surface area contributed by atoms with Crippen LogP contribution in [-0.4, -0.2) is 41.6 Å². The second-order valence-electron chi connectivity index (χ2n) is 7.78. The lowest BCUT2D eigenvalue weighted by Crippen LogP contribution is -2.34. The third-order valence-electron chi connectivity index (χ3n) is 5.70. The Hall–Kier alpha value is -4.13. The van der Waals surface area contributed by atoms with Gasteiger partial charge in [-0.1, -0.05) is 42.5 Å². The van der Waals surface area contributed by atoms with E-state index < -0.39 is 0 Å². The van der Waals surface area contributed by atoms with Crippen LogP contribution in [0.3, 0.4) is 0 Å². The molecule has 1 N–H and O–H groups in total. The number of nitrogens with one attached hydrogen (secondary N) is 1. The summed E-state index contributed by atoms with van der Waals surface area (Å²) in [5.41, 5.74) is 3.07. The summed E-state index contributed by atoms with van der Waals surface area (Å²) in [5, 5.41) is 2.94. The molecule has 7 nitrogen and oxygen atoms in total. The predicted octanol–water partition coefficient (Wildman–Crippen LogP) is 4.07. The second-order valence-corrected chi connectivity index (χ2v) is 7.78. The highest BCUT2D eigenvalue weighted by Crippen LogP contribution is 2.20. The van der Waals surface area contributed by atoms with E-state index in [1.54, 1.807) is 30.2 Å². The van der Waals surface area contributed by atoms with E-state index in [0.29, 0.717) is 30.8 Å². The number of para-hydroxylation sites is 4. The number of amides is 2. The molecule has 3 aromatic carbocycles. The number of fused-ring (bicyclic) bond motifs is 1. The average Bonchev–Trinajstić information content (AvgIpc) is 3.22. The SMILES string of the molecule is CCN(C(=O)Cn1c(CCNC(=O)c2ccccc2OC)nc2ccccc21)c1ccccc1. The first kappa shape index (κ1) is 23.0. The molecule has 34 heavy (non-hydrogen) atoms. The lowest BCUT2D eigenvalue weighted by atomic mass is 10.2. The maximum atomic E-state index is 13.3. The number of hydrogen-bond acceptors (Lipinski definition) is 4. The third-order valence-corrected chi connectivity index (χ3v) is 5.70. The van der Waals surface area contributed by atoms with Crippen LogP contribution in [0.5, 0.6) is 5.75 Å². The largest absolute Gasteiger partial charge is 0.496 e. The molecule has 174 valence electrons. The van der Waals surface area contributed by atoms with Crippen LogP contribution in [0.25, 0.3) is 11.0 Å². The zero-order valence-electron chi connectivity index (χ0n) is 19.4. The first-order valence-electron chi connectivity index (χ1n) is 11.3. The molecule has 0 fully saturated rings. The minimum atomic E-state index is -0.211. The number of likely N-dealkylation sites (N-methyl/N-ethyl adjacent to an activating group) is 1. The van der Waals surface area contributed by atoms with Crippen LogP contribution in [0, 0.1) is 0 Å². The van der Waals surface area contributed by atoms with Gasteiger partial charge in [-0.25, -0.2) is 4.98 Å². The summed E-state index contributed by atoms with van der Waals surface area (Å²) in [7, 11) is 1.54. The van der Waals surface area contributed by atoms with Gasteiger partial charge < -0.3 is 19.5 Å². The monoisotopic (exact) mass is 456 g/mol. The van der Waals surface area contributed by atoms with E-state index in [1.807, 2.05) is 72.2 Å². The Morgan fingerprint density at radius 2 is 1.68 bits per heavy atom. The molecule has 0 radical (unpaired) electrons. The van der Waals surface area contributed by atoms with Crippen molar-refractivity contribution >= 4 is 28.5 Å². The molecule has 0 spiro atoms. The van der Waals surface area contributed by atoms with Gasteiger partial charge in [-0.3, -0.25) is 9.59 Å². The van der Waals surface area contributed by atoms with Gasteiger partial charge in [0.15, 0.2) is 0 Å². The topological polar surface area (TPSA) is 76.5 Å². The zero-order valence-corrected chi connectivity index (χ0v) is 19.4. The normalized spacial score (nSPS) is 10.8. The highest BCUT2D eigenvalue weighted by atomic mass is 16.5. The number of aromatic nitrogens is 2. The maximum absolute atomic E-state index is 13.3. The lowest BCUT2D eigenvalue weighted by Gasteiger charge is -2.22. The minimum absolute atomic E-state index is 0.0174. The van der Waals surface area contributed by atoms with E-state index in [-0.39, 0.29) is 18.4 Å². The Kier molecular flexibility index (Phi) is 7.22. The predicted molar refractivity (Wildman–Crippen MR) is 133 cm³/mol. The van der Waals surface area contributed by atoms with Gasteiger partial charge in [0, 0.05) is 25.2 Å². The standard InChI is InChI=1S/C27H28N4O3/c1-3-30(20-11-5-4-6-12-20)26(32)19-31-23-15-9-8-14-22(23)29-25(31)17-18-28-27(33)21-13-7-10-16-24(21)34-2/h4-16H,3,17-19H2,1-2H3,(H,28,33). The third kappa shape index (κ3) is 4.93. The molecular formula is C27H28N4O3. The Bertz CT molecular complexity index is 1280. The zero-order chi connectivity index (χ0) is 23.9. The highest BCUT2D eigenvalue weighted by Gasteiger charge is 2.19. The highest BCUT2D eigenvalue weighted by molar-refractivity contribution is 5.97. The van der Waals surface area contributed by atoms with E-state index >= 15 is 0 Å². The number of carbonyl (C=O) groups excluding carboxylic acids is 2. The van der Waals surface area contributed by atoms with Crippen molar-refractivity contribution in [3.8, 4) is 5.75 Å². The van der Waals surface area contributed by atoms with E-state index in [2.05, 4.69) is 5.32 Å². The van der Waals surface area contributed by atoms with Gasteiger partial charge in [0.1, 0.15) is 18.1 Å². The smallest absolute Gasteiger partial charge is 0.255 e. The van der Waals surface area contributed by atoms with Gasteiger partial charge in [-0.15, -0.1) is 0 Å². The summed E-state index contributed by atoms with van der Waals surface area (Å²) in [6.45, 7) is 3.08. The molecule has 0 aliphatic heterocycles. The summed E-state index contributed by atoms with van der Waals surface area (Å²) in [6, 6.07) is 24.5. The summed E-state index contributed by atoms with van der Waals surface area (Å²) in [6.07, 6.45) is 0.486. The van der Waals surface area contributed by atoms with Crippen molar-refractivity contribution in [1.29, 1.82) is 0 Å². The second kappa shape index (κ2) is 10.7. The van der Waals surface area contributed by atoms with Crippen molar-refractivity contribution in [2.45, 2.75) is 19.9 Å². The molecule has 0 aliphatic rings. The van der Waals surface area contributed by atoms with E-state index in [4.69, 9.17) is 9.72 Å². The van der Waals surface area contributed by atoms with Crippen LogP contribution in [-0.2, 0) is 17.8 Å². The molecule has 0 saturated carbocycles. The number of methoxy groups -OCH3 is 1. The summed E-state index contributed by atoms with van der Waals surface area (Å²) in [4.78, 5) is 32.4. The fraction of sp³-hybridized carbons (Fsp3) is 0.222. The van der Waals surface area contributed by atoms with Crippen LogP contribution < -0.4 is 15.0 Å². The Morgan fingerprint density at radius 1 is 0.971 bits per heavy atom. The average molecular weight is 457 g/mol. The van der Waals surface area contributed by atoms with E-state index in [9.17, 15) is 9.59 Å². The number of nitrogens with zero attached hydrogens (tertiary/aromatic N) is 3. The fourth-order valence-corrected chi connectivity index (χ4v) is 4.04. The number of imidazole rings is 1. The molecule has 0 saturated heterocycles. The summed E-state index contributed by atoms with van der Waals surface area (Å²) < 4.78 is 7.23. The Morgan fingerprint density at radius 3 is 2.44 bits per heavy atom. The van der Waals surface area contributed by atoms with Crippen LogP contribution in [0.2, 0.25) is 0 Å². The van der Waals surface area contributed by atoms with Gasteiger partial charge in [0.25, 0.3) is 5.91 Å². The maximum Gasteiger partial charge on any atom is 0.255 e. The molecular weight excluding hydrogens is 428 g/mol. The van der Waals surface area contributed by atoms with Crippen LogP contribution in [0.4, 0.5) is 5.69 Å². The van der Waals surface area contributed by atoms with Crippen molar-refractivity contribution in [1.82, 2.24) is 14.9 Å². The minimum Gasteiger partial charge on any atom is -0.496 e. The first-order chi connectivity index (χ1) is 16.6. The van der Waals surface area contributed by atoms with E-state index in [0.717, 1.165) is 22.5 Å². The van der Waals surface area contributed by atoms with Gasteiger partial charge in [0.2, 0.25) is 5.91 Å². The molecule has 0 aliphatic carbocycles. The number of carbonyl (C=O) groups is 2. The van der Waals surface area contributed by atoms with Crippen LogP contribution in [0.15, 0.2) is 78.9 Å². The quantitative estimate of drug-likeness (QED) is 0.412. The number of rotatable bonds is 9. The number of ether oxygens (including phenoxy) is 1. The molecule has 2 amide bonds. The number of hydrogen-bond donors (Lipinski definition) is 1. The van der Waals surface area contributed by atoms with Gasteiger partial charge >= 0.3 is 0 Å². The molecule has 1 aromatic heterocycles. The molecule has 4 rings (SSSR count). The van der Waals surface area contributed by atoms with Crippen LogP contribution in [0.1, 0.15) is 23.1 Å². The Balaban J connectivity index is 1.52. The van der Waals surface area contributed by atoms with Crippen LogP contribution >= 0.6 is 0 Å². The molecule has 1 heterocycles. The number of benzene rings is 3. The summed E-state index contributed by atoms with van der Waals surface area (Å²) in [5.74, 6) is 1.05. The van der Waals surface area contributed by atoms with E-state index in [1.165, 1.54) is 0 Å². The van der Waals surface area contributed by atoms with Crippen molar-refractivity contribution in [3.05, 3.63) is 90.3 Å². The fourth-order valence-electron chi connectivity index (χ4n) is 4.04.